The molecule has 0 spiro atoms. The summed E-state index contributed by atoms with van der Waals surface area (Å²) in [5, 5.41) is 11.5. The lowest BCUT2D eigenvalue weighted by atomic mass is 10.2. The molecule has 0 bridgehead atoms. The second-order valence-corrected chi connectivity index (χ2v) is 8.47. The number of carbonyl (C=O) groups excluding carboxylic acids is 1. The summed E-state index contributed by atoms with van der Waals surface area (Å²) in [7, 11) is 0. The molecule has 3 rings (SSSR count). The van der Waals surface area contributed by atoms with Gasteiger partial charge in [-0.05, 0) is 24.1 Å². The second-order valence-electron chi connectivity index (χ2n) is 5.25. The van der Waals surface area contributed by atoms with Crippen LogP contribution >= 0.6 is 34.9 Å². The molecule has 0 atom stereocenters. The Kier molecular flexibility index (Phi) is 6.49. The van der Waals surface area contributed by atoms with E-state index in [1.165, 1.54) is 34.2 Å². The molecule has 0 aliphatic rings. The van der Waals surface area contributed by atoms with Gasteiger partial charge >= 0.3 is 0 Å². The minimum atomic E-state index is -0.0657. The van der Waals surface area contributed by atoms with Gasteiger partial charge in [0.25, 0.3) is 0 Å². The van der Waals surface area contributed by atoms with Gasteiger partial charge in [-0.2, -0.15) is 0 Å². The van der Waals surface area contributed by atoms with Crippen LogP contribution in [0.25, 0.3) is 0 Å². The van der Waals surface area contributed by atoms with Crippen molar-refractivity contribution in [2.24, 2.45) is 0 Å². The van der Waals surface area contributed by atoms with E-state index in [9.17, 15) is 4.79 Å². The maximum absolute atomic E-state index is 12.1. The molecule has 0 saturated heterocycles. The Hall–Kier alpha value is -1.83. The molecule has 0 unspecified atom stereocenters. The minimum absolute atomic E-state index is 0.0657. The van der Waals surface area contributed by atoms with Crippen LogP contribution in [0.4, 0.5) is 5.13 Å². The van der Waals surface area contributed by atoms with E-state index in [0.717, 1.165) is 15.0 Å². The number of hydrogen-bond acceptors (Lipinski definition) is 6. The maximum atomic E-state index is 12.1. The lowest BCUT2D eigenvalue weighted by Gasteiger charge is -2.04. The highest BCUT2D eigenvalue weighted by Gasteiger charge is 2.10. The van der Waals surface area contributed by atoms with E-state index < -0.39 is 0 Å². The van der Waals surface area contributed by atoms with Crippen LogP contribution in [0, 0.1) is 6.92 Å². The van der Waals surface area contributed by atoms with Crippen molar-refractivity contribution >= 4 is 45.9 Å². The van der Waals surface area contributed by atoms with Crippen molar-refractivity contribution in [3.8, 4) is 0 Å². The smallest absolute Gasteiger partial charge is 0.236 e. The molecule has 0 aliphatic carbocycles. The van der Waals surface area contributed by atoms with E-state index in [0.29, 0.717) is 10.9 Å². The van der Waals surface area contributed by atoms with Crippen LogP contribution in [-0.4, -0.2) is 21.9 Å². The van der Waals surface area contributed by atoms with E-state index in [-0.39, 0.29) is 5.91 Å². The van der Waals surface area contributed by atoms with E-state index in [2.05, 4.69) is 27.6 Å². The molecule has 7 heteroatoms. The zero-order chi connectivity index (χ0) is 17.5. The Morgan fingerprint density at radius 1 is 1.04 bits per heavy atom. The molecule has 4 nitrogen and oxygen atoms in total. The first-order valence-electron chi connectivity index (χ1n) is 7.69. The molecule has 25 heavy (non-hydrogen) atoms. The Bertz CT molecular complexity index is 836. The second kappa shape index (κ2) is 9.03. The molecule has 0 fully saturated rings. The quantitative estimate of drug-likeness (QED) is 0.463. The minimum Gasteiger partial charge on any atom is -0.300 e. The number of aromatic nitrogens is 2. The standard InChI is InChI=1S/C18H17N3OS3/c1-13-7-5-6-10-15(13)23-12-16(22)19-17-20-21-18(25-17)24-11-14-8-3-2-4-9-14/h2-10H,11-12H2,1H3,(H,19,20,22). The summed E-state index contributed by atoms with van der Waals surface area (Å²) < 4.78 is 0.853. The number of nitrogens with zero attached hydrogens (tertiary/aromatic N) is 2. The number of thioether (sulfide) groups is 2. The fourth-order valence-corrected chi connectivity index (χ4v) is 4.61. The number of aryl methyl sites for hydroxylation is 1. The van der Waals surface area contributed by atoms with Crippen molar-refractivity contribution in [2.45, 2.75) is 21.9 Å². The monoisotopic (exact) mass is 387 g/mol. The summed E-state index contributed by atoms with van der Waals surface area (Å²) in [4.78, 5) is 13.2. The number of anilines is 1. The van der Waals surface area contributed by atoms with E-state index in [1.54, 1.807) is 11.8 Å². The number of amides is 1. The third kappa shape index (κ3) is 5.59. The third-order valence-electron chi connectivity index (χ3n) is 3.31. The molecule has 0 aliphatic heterocycles. The van der Waals surface area contributed by atoms with Gasteiger partial charge in [-0.25, -0.2) is 0 Å². The highest BCUT2D eigenvalue weighted by molar-refractivity contribution is 8.00. The van der Waals surface area contributed by atoms with Crippen LogP contribution in [0.5, 0.6) is 0 Å². The molecular weight excluding hydrogens is 370 g/mol. The van der Waals surface area contributed by atoms with E-state index in [1.807, 2.05) is 49.4 Å². The fourth-order valence-electron chi connectivity index (χ4n) is 2.05. The normalized spacial score (nSPS) is 10.6. The van der Waals surface area contributed by atoms with Crippen molar-refractivity contribution in [2.75, 3.05) is 11.1 Å². The molecule has 3 aromatic rings. The van der Waals surface area contributed by atoms with Gasteiger partial charge in [0.05, 0.1) is 5.75 Å². The highest BCUT2D eigenvalue weighted by Crippen LogP contribution is 2.28. The maximum Gasteiger partial charge on any atom is 0.236 e. The van der Waals surface area contributed by atoms with Gasteiger partial charge in [-0.15, -0.1) is 22.0 Å². The Morgan fingerprint density at radius 3 is 2.60 bits per heavy atom. The summed E-state index contributed by atoms with van der Waals surface area (Å²) >= 11 is 4.55. The number of nitrogens with one attached hydrogen (secondary N) is 1. The molecule has 2 aromatic carbocycles. The molecule has 0 radical (unpaired) electrons. The number of carbonyl (C=O) groups is 1. The highest BCUT2D eigenvalue weighted by atomic mass is 32.2. The summed E-state index contributed by atoms with van der Waals surface area (Å²) in [6, 6.07) is 18.3. The SMILES string of the molecule is Cc1ccccc1SCC(=O)Nc1nnc(SCc2ccccc2)s1. The molecule has 1 N–H and O–H groups in total. The van der Waals surface area contributed by atoms with Crippen LogP contribution in [0.1, 0.15) is 11.1 Å². The van der Waals surface area contributed by atoms with Gasteiger partial charge < -0.3 is 0 Å². The Morgan fingerprint density at radius 2 is 1.80 bits per heavy atom. The first-order valence-corrected chi connectivity index (χ1v) is 10.5. The fraction of sp³-hybridized carbons (Fsp3) is 0.167. The number of hydrogen-bond donors (Lipinski definition) is 1. The van der Waals surface area contributed by atoms with Crippen molar-refractivity contribution < 1.29 is 4.79 Å². The summed E-state index contributed by atoms with van der Waals surface area (Å²) in [5.41, 5.74) is 2.42. The molecule has 0 saturated carbocycles. The van der Waals surface area contributed by atoms with Crippen LogP contribution in [0.15, 0.2) is 63.8 Å². The van der Waals surface area contributed by atoms with Gasteiger partial charge in [0, 0.05) is 10.6 Å². The van der Waals surface area contributed by atoms with Gasteiger partial charge in [0.2, 0.25) is 11.0 Å². The third-order valence-corrected chi connectivity index (χ3v) is 6.53. The Balaban J connectivity index is 1.47. The lowest BCUT2D eigenvalue weighted by molar-refractivity contribution is -0.113. The lowest BCUT2D eigenvalue weighted by Crippen LogP contribution is -2.13. The molecule has 128 valence electrons. The number of benzene rings is 2. The van der Waals surface area contributed by atoms with Crippen molar-refractivity contribution in [1.82, 2.24) is 10.2 Å². The average molecular weight is 388 g/mol. The number of rotatable bonds is 7. The van der Waals surface area contributed by atoms with Crippen LogP contribution in [-0.2, 0) is 10.5 Å². The first-order chi connectivity index (χ1) is 12.2. The van der Waals surface area contributed by atoms with Gasteiger partial charge in [-0.1, -0.05) is 71.6 Å². The van der Waals surface area contributed by atoms with Crippen LogP contribution in [0.2, 0.25) is 0 Å². The van der Waals surface area contributed by atoms with Crippen LogP contribution < -0.4 is 5.32 Å². The van der Waals surface area contributed by atoms with E-state index in [4.69, 9.17) is 0 Å². The Labute approximate surface area is 159 Å². The van der Waals surface area contributed by atoms with E-state index >= 15 is 0 Å². The first kappa shape index (κ1) is 18.0. The zero-order valence-electron chi connectivity index (χ0n) is 13.6. The summed E-state index contributed by atoms with van der Waals surface area (Å²) in [5.74, 6) is 1.13. The predicted octanol–water partition coefficient (Wildman–Crippen LogP) is 4.87. The molecular formula is C18H17N3OS3. The topological polar surface area (TPSA) is 54.9 Å². The molecule has 1 amide bonds. The predicted molar refractivity (Wildman–Crippen MR) is 106 cm³/mol. The zero-order valence-corrected chi connectivity index (χ0v) is 16.1. The van der Waals surface area contributed by atoms with Gasteiger partial charge in [0.15, 0.2) is 4.34 Å². The van der Waals surface area contributed by atoms with Gasteiger partial charge in [0.1, 0.15) is 0 Å². The van der Waals surface area contributed by atoms with Crippen LogP contribution in [0.3, 0.4) is 0 Å². The average Bonchev–Trinajstić information content (AvgIpc) is 3.07. The molecule has 1 heterocycles. The van der Waals surface area contributed by atoms with Crippen molar-refractivity contribution in [3.63, 3.8) is 0 Å². The largest absolute Gasteiger partial charge is 0.300 e. The van der Waals surface area contributed by atoms with Crippen molar-refractivity contribution in [1.29, 1.82) is 0 Å². The summed E-state index contributed by atoms with van der Waals surface area (Å²) in [6.07, 6.45) is 0. The molecule has 1 aromatic heterocycles. The summed E-state index contributed by atoms with van der Waals surface area (Å²) in [6.45, 7) is 2.04. The van der Waals surface area contributed by atoms with Crippen molar-refractivity contribution in [3.05, 3.63) is 65.7 Å². The van der Waals surface area contributed by atoms with Gasteiger partial charge in [-0.3, -0.25) is 10.1 Å².